The zero-order chi connectivity index (χ0) is 23.8. The highest BCUT2D eigenvalue weighted by molar-refractivity contribution is 7.92. The fourth-order valence-electron chi connectivity index (χ4n) is 5.13. The third-order valence-electron chi connectivity index (χ3n) is 6.64. The fourth-order valence-corrected chi connectivity index (χ4v) is 7.99. The molecule has 1 aromatic carbocycles. The smallest absolute Gasteiger partial charge is 0.335 e. The van der Waals surface area contributed by atoms with Crippen molar-refractivity contribution < 1.29 is 37.6 Å². The van der Waals surface area contributed by atoms with E-state index in [0.717, 1.165) is 12.0 Å². The molecule has 0 saturated carbocycles. The fraction of sp³-hybridized carbons (Fsp3) is 0.609. The molecule has 1 saturated heterocycles. The van der Waals surface area contributed by atoms with E-state index in [1.807, 2.05) is 12.1 Å². The number of rotatable bonds is 6. The summed E-state index contributed by atoms with van der Waals surface area (Å²) < 4.78 is 44.8. The van der Waals surface area contributed by atoms with Crippen molar-refractivity contribution in [2.45, 2.75) is 67.5 Å². The van der Waals surface area contributed by atoms with Crippen molar-refractivity contribution in [3.8, 4) is 0 Å². The summed E-state index contributed by atoms with van der Waals surface area (Å²) in [5, 5.41) is 17.6. The Kier molecular flexibility index (Phi) is 7.19. The summed E-state index contributed by atoms with van der Waals surface area (Å²) in [6, 6.07) is 5.40. The van der Waals surface area contributed by atoms with Crippen LogP contribution in [-0.2, 0) is 35.3 Å². The normalized spacial score (nSPS) is 28.9. The number of benzene rings is 1. The first-order chi connectivity index (χ1) is 15.8. The first-order valence-corrected chi connectivity index (χ1v) is 13.2. The number of hydrogen-bond acceptors (Lipinski definition) is 8. The van der Waals surface area contributed by atoms with Crippen molar-refractivity contribution >= 4 is 27.4 Å². The van der Waals surface area contributed by atoms with Gasteiger partial charge in [-0.25, -0.2) is 13.2 Å². The van der Waals surface area contributed by atoms with Crippen LogP contribution in [0.5, 0.6) is 0 Å². The third kappa shape index (κ3) is 4.47. The van der Waals surface area contributed by atoms with Gasteiger partial charge >= 0.3 is 5.97 Å². The first-order valence-electron chi connectivity index (χ1n) is 11.2. The Morgan fingerprint density at radius 3 is 2.52 bits per heavy atom. The summed E-state index contributed by atoms with van der Waals surface area (Å²) in [4.78, 5) is 12.9. The second-order valence-electron chi connectivity index (χ2n) is 8.62. The van der Waals surface area contributed by atoms with Crippen LogP contribution >= 0.6 is 11.6 Å². The van der Waals surface area contributed by atoms with Crippen LogP contribution in [-0.4, -0.2) is 67.7 Å². The van der Waals surface area contributed by atoms with Crippen LogP contribution in [0.3, 0.4) is 0 Å². The number of halogens is 1. The molecule has 4 rings (SSSR count). The van der Waals surface area contributed by atoms with Crippen molar-refractivity contribution in [2.24, 2.45) is 0 Å². The highest BCUT2D eigenvalue weighted by Gasteiger charge is 2.52. The maximum absolute atomic E-state index is 14.0. The van der Waals surface area contributed by atoms with E-state index in [1.165, 1.54) is 6.08 Å². The Morgan fingerprint density at radius 1 is 1.18 bits per heavy atom. The van der Waals surface area contributed by atoms with Gasteiger partial charge in [-0.1, -0.05) is 23.7 Å². The maximum Gasteiger partial charge on any atom is 0.335 e. The molecule has 33 heavy (non-hydrogen) atoms. The van der Waals surface area contributed by atoms with Crippen LogP contribution in [0.2, 0.25) is 5.02 Å². The summed E-state index contributed by atoms with van der Waals surface area (Å²) in [7, 11) is -3.88. The van der Waals surface area contributed by atoms with Gasteiger partial charge in [0.25, 0.3) is 0 Å². The number of aliphatic hydroxyl groups excluding tert-OH is 2. The molecule has 0 bridgehead atoms. The predicted octanol–water partition coefficient (Wildman–Crippen LogP) is 2.25. The van der Waals surface area contributed by atoms with E-state index in [0.29, 0.717) is 23.4 Å². The highest BCUT2D eigenvalue weighted by Crippen LogP contribution is 2.47. The summed E-state index contributed by atoms with van der Waals surface area (Å²) in [6.07, 6.45) is 1.89. The minimum atomic E-state index is -3.88. The van der Waals surface area contributed by atoms with E-state index >= 15 is 0 Å². The lowest BCUT2D eigenvalue weighted by molar-refractivity contribution is -0.154. The van der Waals surface area contributed by atoms with Crippen LogP contribution in [0.15, 0.2) is 29.8 Å². The first kappa shape index (κ1) is 24.6. The molecule has 0 amide bonds. The van der Waals surface area contributed by atoms with Gasteiger partial charge in [0.05, 0.1) is 35.9 Å². The molecule has 2 N–H and O–H groups in total. The molecule has 182 valence electrons. The zero-order valence-electron chi connectivity index (χ0n) is 18.4. The lowest BCUT2D eigenvalue weighted by atomic mass is 9.91. The van der Waals surface area contributed by atoms with E-state index in [9.17, 15) is 23.4 Å². The summed E-state index contributed by atoms with van der Waals surface area (Å²) in [6.45, 7) is 0.960. The molecule has 0 radical (unpaired) electrons. The average Bonchev–Trinajstić information content (AvgIpc) is 3.16. The predicted molar refractivity (Wildman–Crippen MR) is 120 cm³/mol. The van der Waals surface area contributed by atoms with Gasteiger partial charge < -0.3 is 24.4 Å². The molecule has 0 unspecified atom stereocenters. The number of ether oxygens (including phenoxy) is 3. The third-order valence-corrected chi connectivity index (χ3v) is 9.51. The van der Waals surface area contributed by atoms with Crippen LogP contribution in [0.1, 0.15) is 49.0 Å². The van der Waals surface area contributed by atoms with Crippen molar-refractivity contribution in [3.63, 3.8) is 0 Å². The Morgan fingerprint density at radius 2 is 1.88 bits per heavy atom. The lowest BCUT2D eigenvalue weighted by Crippen LogP contribution is -2.42. The molecule has 1 fully saturated rings. The maximum atomic E-state index is 14.0. The Hall–Kier alpha value is -1.49. The SMILES string of the molecule is CCOC(=O)C1=CC2(CC[C@H]1S(=O)(=O)[C@H]1CCCc3cccc(Cl)c31)O[C@@H](CO)[C@H](CO)O2. The van der Waals surface area contributed by atoms with Crippen molar-refractivity contribution in [2.75, 3.05) is 19.8 Å². The van der Waals surface area contributed by atoms with E-state index in [4.69, 9.17) is 25.8 Å². The zero-order valence-corrected chi connectivity index (χ0v) is 20.0. The molecular formula is C23H29ClO8S. The molecule has 2 aliphatic carbocycles. The number of carbonyl (C=O) groups is 1. The summed E-state index contributed by atoms with van der Waals surface area (Å²) in [5.74, 6) is -2.16. The minimum Gasteiger partial charge on any atom is -0.463 e. The molecule has 10 heteroatoms. The van der Waals surface area contributed by atoms with E-state index < -0.39 is 44.3 Å². The Bertz CT molecular complexity index is 1020. The van der Waals surface area contributed by atoms with Crippen molar-refractivity contribution in [1.29, 1.82) is 0 Å². The van der Waals surface area contributed by atoms with Crippen LogP contribution < -0.4 is 0 Å². The van der Waals surface area contributed by atoms with Gasteiger partial charge in [-0.15, -0.1) is 0 Å². The Balaban J connectivity index is 1.74. The largest absolute Gasteiger partial charge is 0.463 e. The number of aryl methyl sites for hydroxylation is 1. The van der Waals surface area contributed by atoms with E-state index in [-0.39, 0.29) is 38.2 Å². The van der Waals surface area contributed by atoms with Gasteiger partial charge in [0.15, 0.2) is 15.6 Å². The number of hydrogen-bond donors (Lipinski definition) is 2. The summed E-state index contributed by atoms with van der Waals surface area (Å²) >= 11 is 6.43. The van der Waals surface area contributed by atoms with Crippen LogP contribution in [0.25, 0.3) is 0 Å². The standard InChI is InChI=1S/C23H29ClO8S/c1-2-30-22(27)15-11-23(31-17(12-25)18(13-26)32-23)10-9-19(15)33(28,29)20-8-4-6-14-5-3-7-16(24)21(14)20/h3,5,7,11,17-20,25-26H,2,4,6,8-10,12-13H2,1H3/t17-,18-,19+,20-/m0/s1. The van der Waals surface area contributed by atoms with Crippen LogP contribution in [0, 0.1) is 0 Å². The van der Waals surface area contributed by atoms with Gasteiger partial charge in [0.1, 0.15) is 12.2 Å². The monoisotopic (exact) mass is 500 g/mol. The van der Waals surface area contributed by atoms with Gasteiger partial charge in [0, 0.05) is 11.4 Å². The molecular weight excluding hydrogens is 472 g/mol. The molecule has 4 atom stereocenters. The molecule has 0 aromatic heterocycles. The highest BCUT2D eigenvalue weighted by atomic mass is 35.5. The molecule has 1 aliphatic heterocycles. The minimum absolute atomic E-state index is 0.0439. The molecule has 8 nitrogen and oxygen atoms in total. The van der Waals surface area contributed by atoms with Crippen LogP contribution in [0.4, 0.5) is 0 Å². The van der Waals surface area contributed by atoms with Gasteiger partial charge in [-0.3, -0.25) is 0 Å². The van der Waals surface area contributed by atoms with E-state index in [1.54, 1.807) is 13.0 Å². The second kappa shape index (κ2) is 9.64. The molecule has 1 aromatic rings. The van der Waals surface area contributed by atoms with E-state index in [2.05, 4.69) is 0 Å². The number of carbonyl (C=O) groups excluding carboxylic acids is 1. The topological polar surface area (TPSA) is 119 Å². The van der Waals surface area contributed by atoms with Gasteiger partial charge in [-0.2, -0.15) is 0 Å². The quantitative estimate of drug-likeness (QED) is 0.571. The number of esters is 1. The van der Waals surface area contributed by atoms with Crippen molar-refractivity contribution in [1.82, 2.24) is 0 Å². The Labute approximate surface area is 198 Å². The molecule has 3 aliphatic rings. The summed E-state index contributed by atoms with van der Waals surface area (Å²) in [5.41, 5.74) is 1.48. The number of sulfone groups is 1. The number of fused-ring (bicyclic) bond motifs is 1. The van der Waals surface area contributed by atoms with Crippen molar-refractivity contribution in [3.05, 3.63) is 46.0 Å². The number of aliphatic hydroxyl groups is 2. The second-order valence-corrected chi connectivity index (χ2v) is 11.3. The molecule has 1 heterocycles. The van der Waals surface area contributed by atoms with Gasteiger partial charge in [-0.05, 0) is 55.9 Å². The lowest BCUT2D eigenvalue weighted by Gasteiger charge is -2.36. The molecule has 1 spiro atoms. The van der Waals surface area contributed by atoms with Gasteiger partial charge in [0.2, 0.25) is 0 Å². The average molecular weight is 501 g/mol.